The average Bonchev–Trinajstić information content (AvgIpc) is 3.18. The average molecular weight is 332 g/mol. The molecule has 23 heavy (non-hydrogen) atoms. The quantitative estimate of drug-likeness (QED) is 0.874. The molecule has 1 saturated heterocycles. The third-order valence-electron chi connectivity index (χ3n) is 3.68. The van der Waals surface area contributed by atoms with E-state index >= 15 is 0 Å². The number of carbonyl (C=O) groups is 1. The number of carbonyl (C=O) groups excluding carboxylic acids is 1. The summed E-state index contributed by atoms with van der Waals surface area (Å²) in [5.74, 6) is 0.744. The molecule has 3 rings (SSSR count). The van der Waals surface area contributed by atoms with E-state index in [9.17, 15) is 4.79 Å². The largest absolute Gasteiger partial charge is 0.489 e. The molecular formula is C16H20N4O2S. The first-order valence-electron chi connectivity index (χ1n) is 7.66. The lowest BCUT2D eigenvalue weighted by atomic mass is 10.3. The molecule has 0 radical (unpaired) electrons. The predicted molar refractivity (Wildman–Crippen MR) is 88.2 cm³/mol. The van der Waals surface area contributed by atoms with Gasteiger partial charge >= 0.3 is 0 Å². The summed E-state index contributed by atoms with van der Waals surface area (Å²) in [4.78, 5) is 21.9. The summed E-state index contributed by atoms with van der Waals surface area (Å²) in [5.41, 5.74) is 0.801. The number of nitrogens with zero attached hydrogens (tertiary/aromatic N) is 3. The predicted octanol–water partition coefficient (Wildman–Crippen LogP) is 1.83. The number of aromatic nitrogens is 2. The Hall–Kier alpha value is -1.99. The van der Waals surface area contributed by atoms with Crippen LogP contribution in [-0.2, 0) is 17.9 Å². The molecule has 7 heteroatoms. The SMILES string of the molecule is CC(=O)NCc1cc(OC2CCN(Cc3nccs3)C2)ccn1. The van der Waals surface area contributed by atoms with Gasteiger partial charge < -0.3 is 10.1 Å². The minimum Gasteiger partial charge on any atom is -0.489 e. The molecule has 0 aromatic carbocycles. The zero-order valence-electron chi connectivity index (χ0n) is 13.1. The fourth-order valence-corrected chi connectivity index (χ4v) is 3.25. The monoisotopic (exact) mass is 332 g/mol. The summed E-state index contributed by atoms with van der Waals surface area (Å²) in [6.45, 7) is 4.74. The van der Waals surface area contributed by atoms with Crippen molar-refractivity contribution < 1.29 is 9.53 Å². The number of likely N-dealkylation sites (tertiary alicyclic amines) is 1. The van der Waals surface area contributed by atoms with Crippen LogP contribution in [0.2, 0.25) is 0 Å². The number of nitrogens with one attached hydrogen (secondary N) is 1. The molecule has 0 aliphatic carbocycles. The van der Waals surface area contributed by atoms with Crippen molar-refractivity contribution in [1.29, 1.82) is 0 Å². The van der Waals surface area contributed by atoms with Crippen LogP contribution in [-0.4, -0.2) is 40.0 Å². The van der Waals surface area contributed by atoms with E-state index in [0.29, 0.717) is 6.54 Å². The van der Waals surface area contributed by atoms with Crippen LogP contribution in [0.15, 0.2) is 29.9 Å². The highest BCUT2D eigenvalue weighted by Gasteiger charge is 2.24. The summed E-state index contributed by atoms with van der Waals surface area (Å²) in [7, 11) is 0. The number of hydrogen-bond acceptors (Lipinski definition) is 6. The van der Waals surface area contributed by atoms with Gasteiger partial charge in [-0.15, -0.1) is 11.3 Å². The van der Waals surface area contributed by atoms with Crippen LogP contribution in [0.5, 0.6) is 5.75 Å². The van der Waals surface area contributed by atoms with E-state index in [-0.39, 0.29) is 12.0 Å². The van der Waals surface area contributed by atoms with Gasteiger partial charge in [0, 0.05) is 43.9 Å². The summed E-state index contributed by atoms with van der Waals surface area (Å²) < 4.78 is 6.06. The number of thiazole rings is 1. The summed E-state index contributed by atoms with van der Waals surface area (Å²) >= 11 is 1.69. The van der Waals surface area contributed by atoms with Crippen LogP contribution < -0.4 is 10.1 Å². The van der Waals surface area contributed by atoms with E-state index in [2.05, 4.69) is 20.2 Å². The van der Waals surface area contributed by atoms with E-state index in [4.69, 9.17) is 4.74 Å². The fourth-order valence-electron chi connectivity index (χ4n) is 2.59. The van der Waals surface area contributed by atoms with Gasteiger partial charge in [0.2, 0.25) is 5.91 Å². The molecule has 3 heterocycles. The number of hydrogen-bond donors (Lipinski definition) is 1. The Morgan fingerprint density at radius 3 is 3.17 bits per heavy atom. The maximum absolute atomic E-state index is 11.0. The fraction of sp³-hybridized carbons (Fsp3) is 0.438. The van der Waals surface area contributed by atoms with Crippen LogP contribution in [0.25, 0.3) is 0 Å². The molecule has 6 nitrogen and oxygen atoms in total. The van der Waals surface area contributed by atoms with Crippen molar-refractivity contribution in [2.45, 2.75) is 32.5 Å². The van der Waals surface area contributed by atoms with E-state index in [1.165, 1.54) is 6.92 Å². The first kappa shape index (κ1) is 15.9. The molecule has 0 saturated carbocycles. The maximum Gasteiger partial charge on any atom is 0.217 e. The van der Waals surface area contributed by atoms with E-state index in [0.717, 1.165) is 42.5 Å². The number of amides is 1. The minimum atomic E-state index is -0.0632. The van der Waals surface area contributed by atoms with Crippen molar-refractivity contribution in [1.82, 2.24) is 20.2 Å². The lowest BCUT2D eigenvalue weighted by molar-refractivity contribution is -0.119. The smallest absolute Gasteiger partial charge is 0.217 e. The summed E-state index contributed by atoms with van der Waals surface area (Å²) in [5, 5.41) is 5.90. The van der Waals surface area contributed by atoms with Crippen LogP contribution in [0, 0.1) is 0 Å². The normalized spacial score (nSPS) is 18.0. The van der Waals surface area contributed by atoms with Crippen LogP contribution in [0.1, 0.15) is 24.0 Å². The summed E-state index contributed by atoms with van der Waals surface area (Å²) in [6.07, 6.45) is 4.76. The molecule has 1 unspecified atom stereocenters. The molecule has 0 bridgehead atoms. The topological polar surface area (TPSA) is 67.3 Å². The molecule has 2 aromatic heterocycles. The first-order chi connectivity index (χ1) is 11.2. The molecule has 2 aromatic rings. The van der Waals surface area contributed by atoms with Crippen molar-refractivity contribution in [2.24, 2.45) is 0 Å². The highest BCUT2D eigenvalue weighted by atomic mass is 32.1. The van der Waals surface area contributed by atoms with E-state index in [1.54, 1.807) is 17.5 Å². The van der Waals surface area contributed by atoms with Gasteiger partial charge in [0.15, 0.2) is 0 Å². The van der Waals surface area contributed by atoms with Crippen LogP contribution in [0.3, 0.4) is 0 Å². The van der Waals surface area contributed by atoms with Crippen molar-refractivity contribution in [3.8, 4) is 5.75 Å². The molecule has 1 amide bonds. The molecular weight excluding hydrogens is 312 g/mol. The van der Waals surface area contributed by atoms with Crippen molar-refractivity contribution >= 4 is 17.2 Å². The lowest BCUT2D eigenvalue weighted by Crippen LogP contribution is -2.24. The molecule has 1 fully saturated rings. The molecule has 1 N–H and O–H groups in total. The Labute approximate surface area is 139 Å². The second-order valence-corrected chi connectivity index (χ2v) is 6.56. The van der Waals surface area contributed by atoms with Gasteiger partial charge in [-0.25, -0.2) is 4.98 Å². The second-order valence-electron chi connectivity index (χ2n) is 5.58. The van der Waals surface area contributed by atoms with Crippen LogP contribution in [0.4, 0.5) is 0 Å². The van der Waals surface area contributed by atoms with Crippen LogP contribution >= 0.6 is 11.3 Å². The number of pyridine rings is 1. The van der Waals surface area contributed by atoms with Gasteiger partial charge in [-0.05, 0) is 12.5 Å². The van der Waals surface area contributed by atoms with Crippen molar-refractivity contribution in [3.05, 3.63) is 40.6 Å². The van der Waals surface area contributed by atoms with Gasteiger partial charge in [0.1, 0.15) is 16.9 Å². The molecule has 1 aliphatic heterocycles. The molecule has 122 valence electrons. The van der Waals surface area contributed by atoms with Gasteiger partial charge in [0.25, 0.3) is 0 Å². The Balaban J connectivity index is 1.51. The van der Waals surface area contributed by atoms with Gasteiger partial charge in [-0.2, -0.15) is 0 Å². The zero-order chi connectivity index (χ0) is 16.1. The standard InChI is InChI=1S/C16H20N4O2S/c1-12(21)19-9-13-8-14(2-4-17-13)22-15-3-6-20(10-15)11-16-18-5-7-23-16/h2,4-5,7-8,15H,3,6,9-11H2,1H3,(H,19,21). The Kier molecular flexibility index (Phi) is 5.19. The van der Waals surface area contributed by atoms with E-state index in [1.807, 2.05) is 23.7 Å². The highest BCUT2D eigenvalue weighted by molar-refractivity contribution is 7.09. The summed E-state index contributed by atoms with van der Waals surface area (Å²) in [6, 6.07) is 3.75. The second kappa shape index (κ2) is 7.52. The molecule has 1 aliphatic rings. The number of rotatable bonds is 6. The van der Waals surface area contributed by atoms with Crippen molar-refractivity contribution in [2.75, 3.05) is 13.1 Å². The zero-order valence-corrected chi connectivity index (χ0v) is 13.9. The van der Waals surface area contributed by atoms with Gasteiger partial charge in [-0.3, -0.25) is 14.7 Å². The third kappa shape index (κ3) is 4.74. The maximum atomic E-state index is 11.0. The highest BCUT2D eigenvalue weighted by Crippen LogP contribution is 2.20. The molecule has 0 spiro atoms. The minimum absolute atomic E-state index is 0.0632. The van der Waals surface area contributed by atoms with Gasteiger partial charge in [0.05, 0.1) is 18.8 Å². The van der Waals surface area contributed by atoms with Crippen molar-refractivity contribution in [3.63, 3.8) is 0 Å². The Morgan fingerprint density at radius 1 is 1.48 bits per heavy atom. The number of ether oxygens (including phenoxy) is 1. The first-order valence-corrected chi connectivity index (χ1v) is 8.54. The molecule has 1 atom stereocenters. The van der Waals surface area contributed by atoms with Gasteiger partial charge in [-0.1, -0.05) is 0 Å². The Morgan fingerprint density at radius 2 is 2.39 bits per heavy atom. The lowest BCUT2D eigenvalue weighted by Gasteiger charge is -2.16. The Bertz CT molecular complexity index is 647. The third-order valence-corrected chi connectivity index (χ3v) is 4.45. The van der Waals surface area contributed by atoms with E-state index < -0.39 is 0 Å².